The number of anilines is 3. The van der Waals surface area contributed by atoms with Crippen LogP contribution in [-0.4, -0.2) is 34.2 Å². The van der Waals surface area contributed by atoms with Crippen LogP contribution >= 0.6 is 46.4 Å². The SMILES string of the molecule is O=C(CCC(F)(F)C(F)(F)F)Nc1c(F)ccc(NC(=O)c2cc(NC(=O)C3[C@H](c4ccc(F)c(Cl)c4)C3(Cl)Cl)ccc2Cl)c1F. The molecule has 3 aromatic carbocycles. The van der Waals surface area contributed by atoms with Crippen LogP contribution in [0.3, 0.4) is 0 Å². The first-order chi connectivity index (χ1) is 21.2. The summed E-state index contributed by atoms with van der Waals surface area (Å²) in [7, 11) is 0. The first-order valence-corrected chi connectivity index (χ1v) is 14.2. The Bertz CT molecular complexity index is 1720. The highest BCUT2D eigenvalue weighted by molar-refractivity contribution is 6.53. The zero-order valence-electron chi connectivity index (χ0n) is 22.4. The molecule has 3 amide bonds. The molecule has 0 spiro atoms. The fraction of sp³-hybridized carbons (Fsp3) is 0.250. The van der Waals surface area contributed by atoms with Gasteiger partial charge >= 0.3 is 12.1 Å². The largest absolute Gasteiger partial charge is 0.453 e. The molecule has 2 atom stereocenters. The molecule has 46 heavy (non-hydrogen) atoms. The van der Waals surface area contributed by atoms with Gasteiger partial charge in [-0.3, -0.25) is 14.4 Å². The fourth-order valence-electron chi connectivity index (χ4n) is 4.34. The second-order valence-electron chi connectivity index (χ2n) is 9.98. The number of nitrogens with one attached hydrogen (secondary N) is 3. The van der Waals surface area contributed by atoms with Crippen molar-refractivity contribution in [2.75, 3.05) is 16.0 Å². The molecule has 246 valence electrons. The van der Waals surface area contributed by atoms with Gasteiger partial charge in [0, 0.05) is 24.4 Å². The standard InChI is InChI=1S/C28H17Cl4F8N3O3/c29-14-3-2-12(41-25(46)21-20(27(21,31)32)11-1-4-16(33)15(30)9-11)10-13(14)24(45)42-18-6-5-17(34)23(22(18)35)43-19(44)7-8-26(36,37)28(38,39)40/h1-6,9-10,20-21H,7-8H2,(H,41,46)(H,42,45)(H,43,44)/t20-,21?/m0/s1. The Kier molecular flexibility index (Phi) is 10.1. The van der Waals surface area contributed by atoms with Crippen molar-refractivity contribution < 1.29 is 49.5 Å². The Morgan fingerprint density at radius 1 is 0.804 bits per heavy atom. The fourth-order valence-corrected chi connectivity index (χ4v) is 5.56. The molecule has 3 N–H and O–H groups in total. The van der Waals surface area contributed by atoms with Gasteiger partial charge in [0.2, 0.25) is 11.8 Å². The molecule has 1 aliphatic rings. The van der Waals surface area contributed by atoms with E-state index in [-0.39, 0.29) is 21.3 Å². The number of hydrogen-bond acceptors (Lipinski definition) is 3. The third-order valence-electron chi connectivity index (χ3n) is 6.80. The maximum absolute atomic E-state index is 15.0. The van der Waals surface area contributed by atoms with Gasteiger partial charge in [-0.15, -0.1) is 23.2 Å². The van der Waals surface area contributed by atoms with Gasteiger partial charge in [0.1, 0.15) is 21.7 Å². The number of carbonyl (C=O) groups is 3. The Morgan fingerprint density at radius 3 is 2.09 bits per heavy atom. The van der Waals surface area contributed by atoms with E-state index in [9.17, 15) is 45.1 Å². The van der Waals surface area contributed by atoms with E-state index < -0.39 is 87.7 Å². The average molecular weight is 737 g/mol. The smallest absolute Gasteiger partial charge is 0.326 e. The van der Waals surface area contributed by atoms with Gasteiger partial charge in [0.25, 0.3) is 5.91 Å². The maximum Gasteiger partial charge on any atom is 0.453 e. The van der Waals surface area contributed by atoms with Crippen LogP contribution < -0.4 is 16.0 Å². The van der Waals surface area contributed by atoms with E-state index in [0.29, 0.717) is 11.6 Å². The highest BCUT2D eigenvalue weighted by atomic mass is 35.5. The maximum atomic E-state index is 15.0. The van der Waals surface area contributed by atoms with E-state index >= 15 is 4.39 Å². The van der Waals surface area contributed by atoms with Crippen LogP contribution in [0.4, 0.5) is 52.2 Å². The molecule has 0 aliphatic heterocycles. The summed E-state index contributed by atoms with van der Waals surface area (Å²) in [6.07, 6.45) is -9.36. The summed E-state index contributed by atoms with van der Waals surface area (Å²) in [6.45, 7) is 0. The summed E-state index contributed by atoms with van der Waals surface area (Å²) in [5.74, 6) is -14.1. The molecule has 4 rings (SSSR count). The molecule has 1 fully saturated rings. The predicted molar refractivity (Wildman–Crippen MR) is 155 cm³/mol. The van der Waals surface area contributed by atoms with Gasteiger partial charge in [-0.25, -0.2) is 13.2 Å². The summed E-state index contributed by atoms with van der Waals surface area (Å²) < 4.78 is 105. The van der Waals surface area contributed by atoms with Gasteiger partial charge < -0.3 is 16.0 Å². The zero-order valence-corrected chi connectivity index (χ0v) is 25.5. The van der Waals surface area contributed by atoms with Gasteiger partial charge in [-0.2, -0.15) is 22.0 Å². The molecule has 0 heterocycles. The minimum atomic E-state index is -5.94. The third kappa shape index (κ3) is 7.45. The normalized spacial score (nSPS) is 17.3. The predicted octanol–water partition coefficient (Wildman–Crippen LogP) is 9.11. The molecule has 18 heteroatoms. The van der Waals surface area contributed by atoms with Crippen LogP contribution in [0.1, 0.15) is 34.7 Å². The van der Waals surface area contributed by atoms with Crippen LogP contribution in [0.15, 0.2) is 48.5 Å². The summed E-state index contributed by atoms with van der Waals surface area (Å²) in [5, 5.41) is 5.76. The van der Waals surface area contributed by atoms with Crippen LogP contribution in [0, 0.1) is 23.4 Å². The number of carbonyl (C=O) groups excluding carboxylic acids is 3. The van der Waals surface area contributed by atoms with Crippen molar-refractivity contribution in [3.05, 3.63) is 87.2 Å². The monoisotopic (exact) mass is 735 g/mol. The van der Waals surface area contributed by atoms with Crippen molar-refractivity contribution in [1.29, 1.82) is 0 Å². The van der Waals surface area contributed by atoms with Gasteiger partial charge in [0.05, 0.1) is 27.2 Å². The van der Waals surface area contributed by atoms with E-state index in [2.05, 4.69) is 10.6 Å². The summed E-state index contributed by atoms with van der Waals surface area (Å²) in [6, 6.07) is 8.65. The van der Waals surface area contributed by atoms with Crippen LogP contribution in [0.5, 0.6) is 0 Å². The molecule has 3 aromatic rings. The van der Waals surface area contributed by atoms with Crippen molar-refractivity contribution in [3.63, 3.8) is 0 Å². The van der Waals surface area contributed by atoms with Crippen molar-refractivity contribution >= 4 is 81.2 Å². The first-order valence-electron chi connectivity index (χ1n) is 12.7. The summed E-state index contributed by atoms with van der Waals surface area (Å²) in [5.41, 5.74) is -1.89. The molecule has 1 saturated carbocycles. The van der Waals surface area contributed by atoms with E-state index in [1.807, 2.05) is 0 Å². The quantitative estimate of drug-likeness (QED) is 0.151. The van der Waals surface area contributed by atoms with Gasteiger partial charge in [-0.1, -0.05) is 29.3 Å². The molecular weight excluding hydrogens is 720 g/mol. The summed E-state index contributed by atoms with van der Waals surface area (Å²) in [4.78, 5) is 37.9. The van der Waals surface area contributed by atoms with Gasteiger partial charge in [-0.05, 0) is 48.0 Å². The number of hydrogen-bond donors (Lipinski definition) is 3. The molecule has 0 radical (unpaired) electrons. The number of halogens is 12. The molecular formula is C28H17Cl4F8N3O3. The Morgan fingerprint density at radius 2 is 1.46 bits per heavy atom. The Balaban J connectivity index is 1.46. The minimum Gasteiger partial charge on any atom is -0.326 e. The van der Waals surface area contributed by atoms with E-state index in [4.69, 9.17) is 46.4 Å². The number of amides is 3. The number of benzene rings is 3. The van der Waals surface area contributed by atoms with Crippen molar-refractivity contribution in [2.45, 2.75) is 35.2 Å². The van der Waals surface area contributed by atoms with Crippen LogP contribution in [0.25, 0.3) is 0 Å². The lowest BCUT2D eigenvalue weighted by Crippen LogP contribution is -2.37. The molecule has 0 aromatic heterocycles. The number of rotatable bonds is 9. The van der Waals surface area contributed by atoms with Crippen LogP contribution in [0.2, 0.25) is 10.0 Å². The molecule has 0 bridgehead atoms. The van der Waals surface area contributed by atoms with Crippen LogP contribution in [-0.2, 0) is 9.59 Å². The lowest BCUT2D eigenvalue weighted by molar-refractivity contribution is -0.284. The lowest BCUT2D eigenvalue weighted by Gasteiger charge is -2.19. The zero-order chi connectivity index (χ0) is 34.4. The third-order valence-corrected chi connectivity index (χ3v) is 8.36. The van der Waals surface area contributed by atoms with Crippen molar-refractivity contribution in [3.8, 4) is 0 Å². The Hall–Kier alpha value is -3.33. The Labute approximate surface area is 274 Å². The topological polar surface area (TPSA) is 87.3 Å². The van der Waals surface area contributed by atoms with E-state index in [1.165, 1.54) is 24.3 Å². The molecule has 1 aliphatic carbocycles. The molecule has 0 saturated heterocycles. The lowest BCUT2D eigenvalue weighted by atomic mass is 10.1. The second kappa shape index (κ2) is 13.1. The van der Waals surface area contributed by atoms with Crippen molar-refractivity contribution in [1.82, 2.24) is 0 Å². The second-order valence-corrected chi connectivity index (χ2v) is 12.2. The van der Waals surface area contributed by atoms with Gasteiger partial charge in [0.15, 0.2) is 5.82 Å². The van der Waals surface area contributed by atoms with E-state index in [0.717, 1.165) is 18.2 Å². The van der Waals surface area contributed by atoms with E-state index in [1.54, 1.807) is 5.32 Å². The highest BCUT2D eigenvalue weighted by Gasteiger charge is 2.67. The average Bonchev–Trinajstić information content (AvgIpc) is 3.55. The summed E-state index contributed by atoms with van der Waals surface area (Å²) >= 11 is 24.5. The van der Waals surface area contributed by atoms with Crippen molar-refractivity contribution in [2.24, 2.45) is 5.92 Å². The molecule has 1 unspecified atom stereocenters. The first kappa shape index (κ1) is 35.5. The number of alkyl halides is 7. The minimum absolute atomic E-state index is 0.00895. The highest BCUT2D eigenvalue weighted by Crippen LogP contribution is 2.65. The molecule has 6 nitrogen and oxygen atoms in total.